The molecule has 0 unspecified atom stereocenters. The van der Waals surface area contributed by atoms with E-state index in [2.05, 4.69) is 60.5 Å². The molecule has 0 bridgehead atoms. The highest BCUT2D eigenvalue weighted by atomic mass is 16.5. The summed E-state index contributed by atoms with van der Waals surface area (Å²) in [6.45, 7) is 2.96. The van der Waals surface area contributed by atoms with Crippen molar-refractivity contribution < 1.29 is 4.74 Å². The fraction of sp³-hybridized carbons (Fsp3) is 0.480. The van der Waals surface area contributed by atoms with Gasteiger partial charge in [0.2, 0.25) is 0 Å². The fourth-order valence-electron chi connectivity index (χ4n) is 4.04. The Hall–Kier alpha value is -1.93. The first-order valence-electron chi connectivity index (χ1n) is 10.5. The zero-order valence-corrected chi connectivity index (χ0v) is 16.9. The van der Waals surface area contributed by atoms with Crippen molar-refractivity contribution in [2.75, 3.05) is 13.7 Å². The van der Waals surface area contributed by atoms with Gasteiger partial charge in [0.25, 0.3) is 0 Å². The monoisotopic (exact) mass is 363 g/mol. The molecular formula is C25H33NO. The number of methoxy groups -OCH3 is 1. The summed E-state index contributed by atoms with van der Waals surface area (Å²) < 4.78 is 5.10. The van der Waals surface area contributed by atoms with E-state index < -0.39 is 0 Å². The van der Waals surface area contributed by atoms with Gasteiger partial charge in [-0.05, 0) is 67.6 Å². The summed E-state index contributed by atoms with van der Waals surface area (Å²) in [5.41, 5.74) is 5.12. The number of ether oxygens (including phenoxy) is 1. The minimum absolute atomic E-state index is 0.704. The van der Waals surface area contributed by atoms with Crippen LogP contribution >= 0.6 is 0 Å². The zero-order chi connectivity index (χ0) is 18.9. The Morgan fingerprint density at radius 2 is 1.81 bits per heavy atom. The first kappa shape index (κ1) is 19.8. The predicted octanol–water partition coefficient (Wildman–Crippen LogP) is 6.57. The number of allylic oxidation sites excluding steroid dienone is 1. The van der Waals surface area contributed by atoms with E-state index in [9.17, 15) is 0 Å². The van der Waals surface area contributed by atoms with Crippen molar-refractivity contribution in [3.63, 3.8) is 0 Å². The minimum atomic E-state index is 0.704. The lowest BCUT2D eigenvalue weighted by atomic mass is 9.78. The van der Waals surface area contributed by atoms with Crippen molar-refractivity contribution in [3.05, 3.63) is 65.9 Å². The van der Waals surface area contributed by atoms with Crippen LogP contribution in [0.15, 0.2) is 54.7 Å². The summed E-state index contributed by atoms with van der Waals surface area (Å²) in [7, 11) is 1.75. The number of nitrogens with zero attached hydrogens (tertiary/aromatic N) is 1. The number of hydrogen-bond acceptors (Lipinski definition) is 2. The lowest BCUT2D eigenvalue weighted by Crippen LogP contribution is -2.11. The number of aromatic nitrogens is 1. The number of rotatable bonds is 8. The Morgan fingerprint density at radius 3 is 2.44 bits per heavy atom. The van der Waals surface area contributed by atoms with Gasteiger partial charge in [-0.1, -0.05) is 55.8 Å². The standard InChI is InChI=1S/C25H33NO/c1-3-4-6-21-10-17-25(26-19-21)24-15-13-23(14-16-24)22-11-8-20(9-12-22)7-5-18-27-2/h5,7,10,13-17,19-20,22H,3-4,6,8-9,11-12,18H2,1-2H3/b7-5+/t20-,22-. The molecule has 27 heavy (non-hydrogen) atoms. The van der Waals surface area contributed by atoms with E-state index in [1.54, 1.807) is 7.11 Å². The Labute approximate surface area is 164 Å². The number of unbranched alkanes of at least 4 members (excludes halogenated alkanes) is 1. The van der Waals surface area contributed by atoms with Crippen LogP contribution in [0.5, 0.6) is 0 Å². The van der Waals surface area contributed by atoms with Crippen LogP contribution in [-0.2, 0) is 11.2 Å². The van der Waals surface area contributed by atoms with Gasteiger partial charge in [0, 0.05) is 18.9 Å². The van der Waals surface area contributed by atoms with E-state index in [0.29, 0.717) is 5.92 Å². The van der Waals surface area contributed by atoms with Crippen LogP contribution in [-0.4, -0.2) is 18.7 Å². The number of aryl methyl sites for hydroxylation is 1. The van der Waals surface area contributed by atoms with Crippen LogP contribution in [0.1, 0.15) is 62.5 Å². The van der Waals surface area contributed by atoms with Gasteiger partial charge in [0.15, 0.2) is 0 Å². The smallest absolute Gasteiger partial charge is 0.0702 e. The Morgan fingerprint density at radius 1 is 1.04 bits per heavy atom. The van der Waals surface area contributed by atoms with Crippen molar-refractivity contribution in [1.82, 2.24) is 4.98 Å². The lowest BCUT2D eigenvalue weighted by molar-refractivity contribution is 0.233. The maximum absolute atomic E-state index is 5.10. The van der Waals surface area contributed by atoms with E-state index in [-0.39, 0.29) is 0 Å². The van der Waals surface area contributed by atoms with Crippen LogP contribution in [0.2, 0.25) is 0 Å². The topological polar surface area (TPSA) is 22.1 Å². The molecule has 1 aromatic carbocycles. The molecule has 0 atom stereocenters. The van der Waals surface area contributed by atoms with E-state index in [0.717, 1.165) is 24.6 Å². The van der Waals surface area contributed by atoms with E-state index in [1.165, 1.54) is 55.2 Å². The van der Waals surface area contributed by atoms with Crippen LogP contribution in [0.25, 0.3) is 11.3 Å². The van der Waals surface area contributed by atoms with E-state index >= 15 is 0 Å². The van der Waals surface area contributed by atoms with Crippen LogP contribution in [0, 0.1) is 5.92 Å². The average molecular weight is 364 g/mol. The molecule has 2 aromatic rings. The molecule has 0 saturated heterocycles. The summed E-state index contributed by atoms with van der Waals surface area (Å²) in [6.07, 6.45) is 15.3. The first-order chi connectivity index (χ1) is 13.3. The molecule has 3 rings (SSSR count). The van der Waals surface area contributed by atoms with Crippen LogP contribution < -0.4 is 0 Å². The molecule has 1 aliphatic carbocycles. The van der Waals surface area contributed by atoms with Gasteiger partial charge in [0.05, 0.1) is 12.3 Å². The highest BCUT2D eigenvalue weighted by Crippen LogP contribution is 2.36. The molecular weight excluding hydrogens is 330 g/mol. The van der Waals surface area contributed by atoms with Crippen molar-refractivity contribution in [1.29, 1.82) is 0 Å². The summed E-state index contributed by atoms with van der Waals surface area (Å²) in [6, 6.07) is 13.5. The molecule has 0 N–H and O–H groups in total. The van der Waals surface area contributed by atoms with Crippen molar-refractivity contribution >= 4 is 0 Å². The Kier molecular flexibility index (Phi) is 7.65. The molecule has 1 aromatic heterocycles. The third kappa shape index (κ3) is 5.77. The summed E-state index contributed by atoms with van der Waals surface area (Å²) in [4.78, 5) is 4.67. The second-order valence-corrected chi connectivity index (χ2v) is 7.77. The van der Waals surface area contributed by atoms with Gasteiger partial charge >= 0.3 is 0 Å². The van der Waals surface area contributed by atoms with Gasteiger partial charge in [-0.2, -0.15) is 0 Å². The van der Waals surface area contributed by atoms with Gasteiger partial charge < -0.3 is 4.74 Å². The van der Waals surface area contributed by atoms with Crippen LogP contribution in [0.3, 0.4) is 0 Å². The second-order valence-electron chi connectivity index (χ2n) is 7.77. The van der Waals surface area contributed by atoms with Gasteiger partial charge in [-0.25, -0.2) is 0 Å². The Bertz CT molecular complexity index is 694. The highest BCUT2D eigenvalue weighted by molar-refractivity contribution is 5.59. The number of pyridine rings is 1. The van der Waals surface area contributed by atoms with Crippen molar-refractivity contribution in [2.45, 2.75) is 57.8 Å². The quantitative estimate of drug-likeness (QED) is 0.495. The SMILES string of the molecule is CCCCc1ccc(-c2ccc([C@H]3CC[C@H](/C=C/COC)CC3)cc2)nc1. The summed E-state index contributed by atoms with van der Waals surface area (Å²) >= 11 is 0. The molecule has 1 heterocycles. The van der Waals surface area contributed by atoms with Crippen LogP contribution in [0.4, 0.5) is 0 Å². The third-order valence-electron chi connectivity index (χ3n) is 5.76. The maximum Gasteiger partial charge on any atom is 0.0702 e. The predicted molar refractivity (Wildman–Crippen MR) is 114 cm³/mol. The summed E-state index contributed by atoms with van der Waals surface area (Å²) in [5, 5.41) is 0. The Balaban J connectivity index is 1.56. The van der Waals surface area contributed by atoms with Crippen molar-refractivity contribution in [3.8, 4) is 11.3 Å². The third-order valence-corrected chi connectivity index (χ3v) is 5.76. The van der Waals surface area contributed by atoms with Gasteiger partial charge in [-0.15, -0.1) is 0 Å². The summed E-state index contributed by atoms with van der Waals surface area (Å²) in [5.74, 6) is 1.43. The molecule has 1 aliphatic rings. The minimum Gasteiger partial charge on any atom is -0.381 e. The van der Waals surface area contributed by atoms with E-state index in [1.807, 2.05) is 6.20 Å². The molecule has 144 valence electrons. The average Bonchev–Trinajstić information content (AvgIpc) is 2.73. The molecule has 0 aliphatic heterocycles. The number of hydrogen-bond donors (Lipinski definition) is 0. The maximum atomic E-state index is 5.10. The molecule has 0 radical (unpaired) electrons. The highest BCUT2D eigenvalue weighted by Gasteiger charge is 2.20. The van der Waals surface area contributed by atoms with Gasteiger partial charge in [-0.3, -0.25) is 4.98 Å². The lowest BCUT2D eigenvalue weighted by Gasteiger charge is -2.27. The molecule has 0 amide bonds. The van der Waals surface area contributed by atoms with E-state index in [4.69, 9.17) is 4.74 Å². The largest absolute Gasteiger partial charge is 0.381 e. The normalized spacial score (nSPS) is 20.2. The van der Waals surface area contributed by atoms with Gasteiger partial charge in [0.1, 0.15) is 0 Å². The number of benzene rings is 1. The molecule has 2 nitrogen and oxygen atoms in total. The molecule has 2 heteroatoms. The first-order valence-corrected chi connectivity index (χ1v) is 10.5. The second kappa shape index (κ2) is 10.4. The molecule has 1 saturated carbocycles. The zero-order valence-electron chi connectivity index (χ0n) is 16.9. The van der Waals surface area contributed by atoms with Crippen molar-refractivity contribution in [2.24, 2.45) is 5.92 Å². The fourth-order valence-corrected chi connectivity index (χ4v) is 4.04. The molecule has 0 spiro atoms. The molecule has 1 fully saturated rings.